The van der Waals surface area contributed by atoms with Crippen LogP contribution in [0.3, 0.4) is 0 Å². The van der Waals surface area contributed by atoms with E-state index in [1.54, 1.807) is 6.20 Å². The Hall–Kier alpha value is -2.06. The van der Waals surface area contributed by atoms with Crippen LogP contribution in [0.25, 0.3) is 0 Å². The van der Waals surface area contributed by atoms with Crippen LogP contribution in [0, 0.1) is 0 Å². The molecule has 0 bridgehead atoms. The van der Waals surface area contributed by atoms with E-state index in [2.05, 4.69) is 39.5 Å². The molecule has 6 nitrogen and oxygen atoms in total. The fourth-order valence-electron chi connectivity index (χ4n) is 4.50. The summed E-state index contributed by atoms with van der Waals surface area (Å²) in [6, 6.07) is 8.91. The highest BCUT2D eigenvalue weighted by Crippen LogP contribution is 2.33. The zero-order chi connectivity index (χ0) is 20.9. The molecule has 0 unspecified atom stereocenters. The summed E-state index contributed by atoms with van der Waals surface area (Å²) in [4.78, 5) is 30.5. The molecule has 4 rings (SSSR count). The lowest BCUT2D eigenvalue weighted by molar-refractivity contribution is -0.136. The third-order valence-corrected chi connectivity index (χ3v) is 7.99. The van der Waals surface area contributed by atoms with Gasteiger partial charge in [0.1, 0.15) is 0 Å². The molecule has 1 saturated carbocycles. The molecule has 1 heterocycles. The number of nitrogens with one attached hydrogen (secondary N) is 1. The first-order chi connectivity index (χ1) is 14.6. The van der Waals surface area contributed by atoms with Crippen LogP contribution in [0.4, 0.5) is 9.93 Å². The minimum absolute atomic E-state index is 0.0591. The highest BCUT2D eigenvalue weighted by atomic mass is 32.2. The molecule has 160 valence electrons. The molecule has 2 aliphatic carbocycles. The molecule has 1 aromatic heterocycles. The van der Waals surface area contributed by atoms with Crippen molar-refractivity contribution in [3.05, 3.63) is 41.6 Å². The van der Waals surface area contributed by atoms with Crippen LogP contribution in [-0.2, 0) is 17.6 Å². The van der Waals surface area contributed by atoms with Gasteiger partial charge in [0.05, 0.1) is 16.8 Å². The maximum Gasteiger partial charge on any atom is 0.324 e. The maximum atomic E-state index is 13.4. The van der Waals surface area contributed by atoms with Crippen LogP contribution in [0.1, 0.15) is 49.7 Å². The van der Waals surface area contributed by atoms with Crippen molar-refractivity contribution in [1.29, 1.82) is 0 Å². The minimum atomic E-state index is -0.804. The van der Waals surface area contributed by atoms with E-state index in [0.29, 0.717) is 10.9 Å². The largest absolute Gasteiger partial charge is 0.481 e. The summed E-state index contributed by atoms with van der Waals surface area (Å²) in [5.74, 6) is -0.305. The number of nitrogens with zero attached hydrogens (tertiary/aromatic N) is 2. The summed E-state index contributed by atoms with van der Waals surface area (Å²) in [6.07, 6.45) is 9.38. The Kier molecular flexibility index (Phi) is 6.94. The summed E-state index contributed by atoms with van der Waals surface area (Å²) in [5.41, 5.74) is 2.70. The first-order valence-corrected chi connectivity index (χ1v) is 12.4. The van der Waals surface area contributed by atoms with Crippen LogP contribution in [-0.4, -0.2) is 44.8 Å². The van der Waals surface area contributed by atoms with Crippen LogP contribution >= 0.6 is 23.1 Å². The molecule has 8 heteroatoms. The molecule has 2 aromatic rings. The fourth-order valence-corrected chi connectivity index (χ4v) is 6.37. The van der Waals surface area contributed by atoms with Gasteiger partial charge in [0.2, 0.25) is 0 Å². The van der Waals surface area contributed by atoms with E-state index >= 15 is 0 Å². The quantitative estimate of drug-likeness (QED) is 0.583. The number of hydrogen-bond donors (Lipinski definition) is 2. The average Bonchev–Trinajstić information content (AvgIpc) is 3.35. The number of carboxylic acids is 1. The standard InChI is InChI=1S/C22H27N3O3S2/c26-19(27)10-11-29-20-14-23-21(30-20)24-22(28)25(17-8-2-1-3-9-17)18-12-15-6-4-5-7-16(15)13-18/h4-7,14,17-18H,1-3,8-13H2,(H,26,27)(H,23,24,28). The van der Waals surface area contributed by atoms with Gasteiger partial charge in [-0.05, 0) is 36.8 Å². The van der Waals surface area contributed by atoms with Gasteiger partial charge in [0.15, 0.2) is 5.13 Å². The molecule has 0 spiro atoms. The van der Waals surface area contributed by atoms with Crippen molar-refractivity contribution in [2.75, 3.05) is 11.1 Å². The maximum absolute atomic E-state index is 13.4. The van der Waals surface area contributed by atoms with E-state index in [4.69, 9.17) is 5.11 Å². The number of carbonyl (C=O) groups excluding carboxylic acids is 1. The fraction of sp³-hybridized carbons (Fsp3) is 0.500. The highest BCUT2D eigenvalue weighted by Gasteiger charge is 2.35. The third-order valence-electron chi connectivity index (χ3n) is 5.88. The second kappa shape index (κ2) is 9.83. The number of fused-ring (bicyclic) bond motifs is 1. The van der Waals surface area contributed by atoms with Crippen molar-refractivity contribution in [2.24, 2.45) is 0 Å². The number of thiazole rings is 1. The van der Waals surface area contributed by atoms with Crippen molar-refractivity contribution < 1.29 is 14.7 Å². The van der Waals surface area contributed by atoms with E-state index in [1.807, 2.05) is 0 Å². The first-order valence-electron chi connectivity index (χ1n) is 10.6. The van der Waals surface area contributed by atoms with Crippen molar-refractivity contribution in [3.63, 3.8) is 0 Å². The smallest absolute Gasteiger partial charge is 0.324 e. The zero-order valence-corrected chi connectivity index (χ0v) is 18.5. The molecule has 0 saturated heterocycles. The van der Waals surface area contributed by atoms with Gasteiger partial charge in [0, 0.05) is 17.8 Å². The number of thioether (sulfide) groups is 1. The van der Waals surface area contributed by atoms with Gasteiger partial charge in [-0.25, -0.2) is 9.78 Å². The van der Waals surface area contributed by atoms with Gasteiger partial charge in [0.25, 0.3) is 0 Å². The van der Waals surface area contributed by atoms with E-state index in [0.717, 1.165) is 29.9 Å². The van der Waals surface area contributed by atoms with E-state index in [1.165, 1.54) is 53.5 Å². The predicted octanol–water partition coefficient (Wildman–Crippen LogP) is 5.04. The second-order valence-electron chi connectivity index (χ2n) is 7.94. The normalized spacial score (nSPS) is 16.9. The number of benzene rings is 1. The lowest BCUT2D eigenvalue weighted by Crippen LogP contribution is -2.50. The number of aliphatic carboxylic acids is 1. The SMILES string of the molecule is O=C(O)CCSc1cnc(NC(=O)N(C2CCCCC2)C2Cc3ccccc3C2)s1. The number of carboxylic acid groups (broad SMARTS) is 1. The van der Waals surface area contributed by atoms with Crippen molar-refractivity contribution >= 4 is 40.2 Å². The molecule has 1 aromatic carbocycles. The van der Waals surface area contributed by atoms with Crippen LogP contribution in [0.15, 0.2) is 34.7 Å². The summed E-state index contributed by atoms with van der Waals surface area (Å²) in [6.45, 7) is 0. The predicted molar refractivity (Wildman–Crippen MR) is 120 cm³/mol. The van der Waals surface area contributed by atoms with Gasteiger partial charge in [-0.1, -0.05) is 54.9 Å². The van der Waals surface area contributed by atoms with Crippen molar-refractivity contribution in [1.82, 2.24) is 9.88 Å². The third kappa shape index (κ3) is 5.16. The Morgan fingerprint density at radius 1 is 1.13 bits per heavy atom. The van der Waals surface area contributed by atoms with Gasteiger partial charge >= 0.3 is 12.0 Å². The Morgan fingerprint density at radius 2 is 1.83 bits per heavy atom. The number of rotatable bonds is 7. The molecule has 2 amide bonds. The molecule has 0 aliphatic heterocycles. The van der Waals surface area contributed by atoms with Crippen molar-refractivity contribution in [2.45, 2.75) is 67.7 Å². The molecule has 0 radical (unpaired) electrons. The summed E-state index contributed by atoms with van der Waals surface area (Å²) >= 11 is 2.87. The molecule has 2 N–H and O–H groups in total. The number of carbonyl (C=O) groups is 2. The lowest BCUT2D eigenvalue weighted by atomic mass is 9.93. The molecule has 0 atom stereocenters. The van der Waals surface area contributed by atoms with Crippen LogP contribution < -0.4 is 5.32 Å². The van der Waals surface area contributed by atoms with Gasteiger partial charge < -0.3 is 10.0 Å². The van der Waals surface area contributed by atoms with Gasteiger partial charge in [-0.2, -0.15) is 0 Å². The van der Waals surface area contributed by atoms with Crippen LogP contribution in [0.2, 0.25) is 0 Å². The molecule has 1 fully saturated rings. The van der Waals surface area contributed by atoms with Crippen LogP contribution in [0.5, 0.6) is 0 Å². The van der Waals surface area contributed by atoms with Crippen molar-refractivity contribution in [3.8, 4) is 0 Å². The first kappa shape index (κ1) is 21.2. The number of hydrogen-bond acceptors (Lipinski definition) is 5. The molecular weight excluding hydrogens is 418 g/mol. The van der Waals surface area contributed by atoms with E-state index in [-0.39, 0.29) is 24.5 Å². The lowest BCUT2D eigenvalue weighted by Gasteiger charge is -2.38. The molecule has 2 aliphatic rings. The Bertz CT molecular complexity index is 870. The highest BCUT2D eigenvalue weighted by molar-refractivity contribution is 8.01. The minimum Gasteiger partial charge on any atom is -0.481 e. The summed E-state index contributed by atoms with van der Waals surface area (Å²) in [5, 5.41) is 12.4. The zero-order valence-electron chi connectivity index (χ0n) is 16.9. The molecular formula is C22H27N3O3S2. The summed E-state index contributed by atoms with van der Waals surface area (Å²) in [7, 11) is 0. The average molecular weight is 446 g/mol. The van der Waals surface area contributed by atoms with E-state index < -0.39 is 5.97 Å². The monoisotopic (exact) mass is 445 g/mol. The van der Waals surface area contributed by atoms with Gasteiger partial charge in [-0.3, -0.25) is 10.1 Å². The number of urea groups is 1. The topological polar surface area (TPSA) is 82.5 Å². The number of amides is 2. The van der Waals surface area contributed by atoms with E-state index in [9.17, 15) is 9.59 Å². The Labute approximate surface area is 185 Å². The molecule has 30 heavy (non-hydrogen) atoms. The Morgan fingerprint density at radius 3 is 2.50 bits per heavy atom. The number of anilines is 1. The summed E-state index contributed by atoms with van der Waals surface area (Å²) < 4.78 is 0.920. The number of aromatic nitrogens is 1. The van der Waals surface area contributed by atoms with Gasteiger partial charge in [-0.15, -0.1) is 11.8 Å². The Balaban J connectivity index is 1.44. The second-order valence-corrected chi connectivity index (χ2v) is 10.4.